The fourth-order valence-corrected chi connectivity index (χ4v) is 2.27. The van der Waals surface area contributed by atoms with Crippen molar-refractivity contribution in [3.8, 4) is 5.75 Å². The Kier molecular flexibility index (Phi) is 12.3. The van der Waals surface area contributed by atoms with Crippen LogP contribution in [0.25, 0.3) is 0 Å². The molecule has 0 atom stereocenters. The first-order valence-corrected chi connectivity index (χ1v) is 10.9. The van der Waals surface area contributed by atoms with Crippen LogP contribution in [0.5, 0.6) is 5.75 Å². The zero-order valence-corrected chi connectivity index (χ0v) is 21.5. The SMILES string of the molecule is C=CC(=COc1cccc(C)c1)C(C)(C)C.CC(C)(C)C1=CC[C-]=C1.C[C](C)=[Ti+]. The molecular formula is C27H39OTi. The fourth-order valence-electron chi connectivity index (χ4n) is 2.27. The third kappa shape index (κ3) is 13.4. The zero-order chi connectivity index (χ0) is 22.7. The van der Waals surface area contributed by atoms with Gasteiger partial charge < -0.3 is 4.74 Å². The van der Waals surface area contributed by atoms with Crippen molar-refractivity contribution in [3.63, 3.8) is 0 Å². The van der Waals surface area contributed by atoms with Crippen LogP contribution in [0.15, 0.2) is 66.5 Å². The van der Waals surface area contributed by atoms with E-state index in [1.807, 2.05) is 24.3 Å². The van der Waals surface area contributed by atoms with Crippen molar-refractivity contribution in [1.29, 1.82) is 0 Å². The quantitative estimate of drug-likeness (QED) is 0.206. The van der Waals surface area contributed by atoms with Crippen molar-refractivity contribution in [2.24, 2.45) is 10.8 Å². The zero-order valence-electron chi connectivity index (χ0n) is 19.9. The van der Waals surface area contributed by atoms with Crippen molar-refractivity contribution in [2.45, 2.75) is 68.7 Å². The van der Waals surface area contributed by atoms with Gasteiger partial charge in [0.05, 0.1) is 6.26 Å². The third-order valence-electron chi connectivity index (χ3n) is 3.96. The molecule has 0 bridgehead atoms. The van der Waals surface area contributed by atoms with Gasteiger partial charge in [0.25, 0.3) is 0 Å². The number of allylic oxidation sites excluding steroid dienone is 6. The Hall–Kier alpha value is -1.44. The van der Waals surface area contributed by atoms with E-state index in [0.29, 0.717) is 5.41 Å². The Balaban J connectivity index is 0.000000504. The minimum absolute atomic E-state index is 0.0611. The van der Waals surface area contributed by atoms with E-state index in [-0.39, 0.29) is 5.41 Å². The van der Waals surface area contributed by atoms with E-state index >= 15 is 0 Å². The molecule has 0 unspecified atom stereocenters. The van der Waals surface area contributed by atoms with E-state index in [2.05, 4.69) is 113 Å². The maximum absolute atomic E-state index is 5.63. The minimum atomic E-state index is 0.0611. The van der Waals surface area contributed by atoms with Crippen LogP contribution in [0.2, 0.25) is 0 Å². The van der Waals surface area contributed by atoms with Crippen LogP contribution in [-0.4, -0.2) is 3.81 Å². The van der Waals surface area contributed by atoms with E-state index in [1.165, 1.54) is 14.9 Å². The Morgan fingerprint density at radius 2 is 1.72 bits per heavy atom. The van der Waals surface area contributed by atoms with Gasteiger partial charge in [-0.3, -0.25) is 6.08 Å². The molecule has 0 saturated heterocycles. The molecule has 0 fully saturated rings. The van der Waals surface area contributed by atoms with E-state index in [1.54, 1.807) is 6.26 Å². The average molecular weight is 427 g/mol. The molecule has 1 aromatic rings. The summed E-state index contributed by atoms with van der Waals surface area (Å²) < 4.78 is 7.05. The Morgan fingerprint density at radius 1 is 1.14 bits per heavy atom. The van der Waals surface area contributed by atoms with Crippen LogP contribution in [-0.2, 0) is 20.0 Å². The number of hydrogen-bond donors (Lipinski definition) is 0. The second-order valence-corrected chi connectivity index (χ2v) is 11.0. The summed E-state index contributed by atoms with van der Waals surface area (Å²) in [6, 6.07) is 8.00. The summed E-state index contributed by atoms with van der Waals surface area (Å²) in [4.78, 5) is 0. The van der Waals surface area contributed by atoms with Gasteiger partial charge in [-0.2, -0.15) is 11.6 Å². The van der Waals surface area contributed by atoms with Gasteiger partial charge in [-0.15, -0.1) is 6.42 Å². The monoisotopic (exact) mass is 427 g/mol. The molecule has 0 spiro atoms. The van der Waals surface area contributed by atoms with E-state index in [9.17, 15) is 0 Å². The number of aryl methyl sites for hydroxylation is 1. The van der Waals surface area contributed by atoms with Gasteiger partial charge >= 0.3 is 37.6 Å². The first kappa shape index (κ1) is 27.6. The molecule has 1 aromatic carbocycles. The molecule has 0 aromatic heterocycles. The van der Waals surface area contributed by atoms with E-state index in [0.717, 1.165) is 17.7 Å². The Morgan fingerprint density at radius 3 is 2.07 bits per heavy atom. The predicted molar refractivity (Wildman–Crippen MR) is 126 cm³/mol. The molecule has 0 aliphatic heterocycles. The summed E-state index contributed by atoms with van der Waals surface area (Å²) in [5.74, 6) is 0.864. The summed E-state index contributed by atoms with van der Waals surface area (Å²) >= 11 is 2.08. The standard InChI is InChI=1S/C15H20O.C9H13.C3H6.Ti/c1-6-13(15(3,4)5)11-16-14-9-7-8-12(2)10-14;1-9(2,3)8-6-4-5-7-8;1-3-2;/h6-11H,1H2,2-5H3;6-7H,4H2,1-3H3;1-2H3;/q;-1;;+1. The molecule has 157 valence electrons. The molecule has 1 aliphatic carbocycles. The summed E-state index contributed by atoms with van der Waals surface area (Å²) in [5, 5.41) is 0. The van der Waals surface area contributed by atoms with Crippen LogP contribution >= 0.6 is 0 Å². The van der Waals surface area contributed by atoms with Gasteiger partial charge in [-0.1, -0.05) is 71.7 Å². The second kappa shape index (κ2) is 13.0. The summed E-state index contributed by atoms with van der Waals surface area (Å²) in [6.45, 7) is 23.1. The van der Waals surface area contributed by atoms with Gasteiger partial charge in [0.1, 0.15) is 5.75 Å². The molecule has 2 heteroatoms. The molecule has 1 aliphatic rings. The van der Waals surface area contributed by atoms with Crippen molar-refractivity contribution < 1.29 is 24.7 Å². The summed E-state index contributed by atoms with van der Waals surface area (Å²) in [6.07, 6.45) is 12.1. The fraction of sp³-hybridized carbons (Fsp3) is 0.444. The van der Waals surface area contributed by atoms with Crippen molar-refractivity contribution in [1.82, 2.24) is 0 Å². The van der Waals surface area contributed by atoms with E-state index in [4.69, 9.17) is 4.74 Å². The first-order valence-electron chi connectivity index (χ1n) is 10.1. The van der Waals surface area contributed by atoms with Crippen LogP contribution < -0.4 is 4.74 Å². The molecule has 0 N–H and O–H groups in total. The van der Waals surface area contributed by atoms with Crippen LogP contribution in [0.4, 0.5) is 0 Å². The second-order valence-electron chi connectivity index (χ2n) is 9.42. The molecule has 0 heterocycles. The van der Waals surface area contributed by atoms with Gasteiger partial charge in [0.2, 0.25) is 0 Å². The number of rotatable bonds is 3. The first-order chi connectivity index (χ1) is 13.3. The van der Waals surface area contributed by atoms with Gasteiger partial charge in [-0.05, 0) is 35.6 Å². The summed E-state index contributed by atoms with van der Waals surface area (Å²) in [5.41, 5.74) is 4.09. The molecule has 0 saturated carbocycles. The summed E-state index contributed by atoms with van der Waals surface area (Å²) in [7, 11) is 0. The van der Waals surface area contributed by atoms with Crippen LogP contribution in [0.1, 0.15) is 67.4 Å². The van der Waals surface area contributed by atoms with Gasteiger partial charge in [-0.25, -0.2) is 6.08 Å². The predicted octanol–water partition coefficient (Wildman–Crippen LogP) is 7.96. The van der Waals surface area contributed by atoms with Gasteiger partial charge in [0, 0.05) is 0 Å². The molecule has 2 rings (SSSR count). The van der Waals surface area contributed by atoms with Crippen molar-refractivity contribution in [2.75, 3.05) is 0 Å². The van der Waals surface area contributed by atoms with Crippen LogP contribution in [0, 0.1) is 23.8 Å². The Bertz CT molecular complexity index is 745. The Labute approximate surface area is 191 Å². The average Bonchev–Trinajstić information content (AvgIpc) is 3.09. The number of ether oxygens (including phenoxy) is 1. The topological polar surface area (TPSA) is 9.23 Å². The van der Waals surface area contributed by atoms with Crippen LogP contribution in [0.3, 0.4) is 0 Å². The molecule has 0 amide bonds. The van der Waals surface area contributed by atoms with Gasteiger partial charge in [0.15, 0.2) is 0 Å². The van der Waals surface area contributed by atoms with Crippen molar-refractivity contribution >= 4 is 3.81 Å². The number of hydrogen-bond acceptors (Lipinski definition) is 1. The molecule has 0 radical (unpaired) electrons. The molecule has 29 heavy (non-hydrogen) atoms. The molecular weight excluding hydrogens is 388 g/mol. The van der Waals surface area contributed by atoms with Crippen molar-refractivity contribution in [3.05, 3.63) is 78.1 Å². The number of benzene rings is 1. The maximum atomic E-state index is 5.63. The molecule has 1 nitrogen and oxygen atoms in total. The third-order valence-corrected chi connectivity index (χ3v) is 3.96. The normalized spacial score (nSPS) is 13.5. The van der Waals surface area contributed by atoms with E-state index < -0.39 is 0 Å².